The van der Waals surface area contributed by atoms with Gasteiger partial charge in [0.05, 0.1) is 4.90 Å². The molecule has 20 heavy (non-hydrogen) atoms. The van der Waals surface area contributed by atoms with Crippen LogP contribution in [0.5, 0.6) is 0 Å². The Hall–Kier alpha value is -1.65. The molecule has 1 aliphatic rings. The SMILES string of the molecule is O=[S@](c1ccccc1)N1CCN(c2ccccc2)CC1. The van der Waals surface area contributed by atoms with Gasteiger partial charge in [-0.3, -0.25) is 0 Å². The fourth-order valence-electron chi connectivity index (χ4n) is 2.44. The molecule has 0 N–H and O–H groups in total. The van der Waals surface area contributed by atoms with Gasteiger partial charge in [0.15, 0.2) is 0 Å². The summed E-state index contributed by atoms with van der Waals surface area (Å²) in [7, 11) is -1.03. The second-order valence-corrected chi connectivity index (χ2v) is 6.30. The molecule has 0 unspecified atom stereocenters. The van der Waals surface area contributed by atoms with Crippen molar-refractivity contribution in [2.24, 2.45) is 0 Å². The lowest BCUT2D eigenvalue weighted by Gasteiger charge is -2.35. The number of para-hydroxylation sites is 1. The molecule has 0 spiro atoms. The van der Waals surface area contributed by atoms with E-state index in [0.29, 0.717) is 0 Å². The summed E-state index contributed by atoms with van der Waals surface area (Å²) in [4.78, 5) is 3.24. The van der Waals surface area contributed by atoms with Crippen molar-refractivity contribution in [2.45, 2.75) is 4.90 Å². The van der Waals surface area contributed by atoms with Gasteiger partial charge in [-0.1, -0.05) is 36.4 Å². The lowest BCUT2D eigenvalue weighted by Crippen LogP contribution is -2.46. The van der Waals surface area contributed by atoms with Gasteiger partial charge in [0, 0.05) is 31.9 Å². The van der Waals surface area contributed by atoms with Crippen LogP contribution in [0, 0.1) is 0 Å². The van der Waals surface area contributed by atoms with Gasteiger partial charge in [-0.25, -0.2) is 8.51 Å². The van der Waals surface area contributed by atoms with Crippen LogP contribution >= 0.6 is 0 Å². The number of hydrogen-bond donors (Lipinski definition) is 0. The van der Waals surface area contributed by atoms with Crippen molar-refractivity contribution in [3.63, 3.8) is 0 Å². The Balaban J connectivity index is 1.63. The van der Waals surface area contributed by atoms with Crippen molar-refractivity contribution in [1.29, 1.82) is 0 Å². The monoisotopic (exact) mass is 286 g/mol. The molecule has 1 saturated heterocycles. The Morgan fingerprint density at radius 2 is 1.30 bits per heavy atom. The molecule has 2 aromatic carbocycles. The van der Waals surface area contributed by atoms with E-state index in [2.05, 4.69) is 33.5 Å². The zero-order valence-electron chi connectivity index (χ0n) is 11.3. The molecule has 1 atom stereocenters. The minimum atomic E-state index is -1.03. The van der Waals surface area contributed by atoms with E-state index in [1.54, 1.807) is 0 Å². The molecule has 104 valence electrons. The first-order valence-electron chi connectivity index (χ1n) is 6.86. The smallest absolute Gasteiger partial charge is 0.127 e. The van der Waals surface area contributed by atoms with E-state index < -0.39 is 11.0 Å². The van der Waals surface area contributed by atoms with Crippen molar-refractivity contribution < 1.29 is 4.21 Å². The maximum Gasteiger partial charge on any atom is 0.127 e. The van der Waals surface area contributed by atoms with Crippen LogP contribution in [0.2, 0.25) is 0 Å². The second kappa shape index (κ2) is 6.20. The predicted molar refractivity (Wildman–Crippen MR) is 83.1 cm³/mol. The molecule has 1 fully saturated rings. The summed E-state index contributed by atoms with van der Waals surface area (Å²) in [5.74, 6) is 0. The number of nitrogens with zero attached hydrogens (tertiary/aromatic N) is 2. The zero-order valence-corrected chi connectivity index (χ0v) is 12.1. The highest BCUT2D eigenvalue weighted by Crippen LogP contribution is 2.18. The molecule has 2 aromatic rings. The molecule has 0 aromatic heterocycles. The van der Waals surface area contributed by atoms with Gasteiger partial charge in [0.1, 0.15) is 11.0 Å². The predicted octanol–water partition coefficient (Wildman–Crippen LogP) is 2.53. The molecule has 1 heterocycles. The summed E-state index contributed by atoms with van der Waals surface area (Å²) in [6.45, 7) is 3.50. The number of piperazine rings is 1. The van der Waals surface area contributed by atoms with Crippen LogP contribution in [-0.4, -0.2) is 34.7 Å². The third kappa shape index (κ3) is 2.92. The van der Waals surface area contributed by atoms with Gasteiger partial charge in [-0.2, -0.15) is 0 Å². The first-order chi connectivity index (χ1) is 9.84. The number of hydrogen-bond acceptors (Lipinski definition) is 2. The van der Waals surface area contributed by atoms with E-state index >= 15 is 0 Å². The first-order valence-corrected chi connectivity index (χ1v) is 7.97. The van der Waals surface area contributed by atoms with Gasteiger partial charge < -0.3 is 4.90 Å². The molecule has 0 amide bonds. The first kappa shape index (κ1) is 13.3. The largest absolute Gasteiger partial charge is 0.369 e. The molecule has 0 aliphatic carbocycles. The average Bonchev–Trinajstić information content (AvgIpc) is 2.56. The molecule has 0 radical (unpaired) electrons. The minimum Gasteiger partial charge on any atom is -0.369 e. The third-order valence-corrected chi connectivity index (χ3v) is 5.05. The summed E-state index contributed by atoms with van der Waals surface area (Å²) >= 11 is 0. The fraction of sp³-hybridized carbons (Fsp3) is 0.250. The lowest BCUT2D eigenvalue weighted by atomic mass is 10.2. The Morgan fingerprint density at radius 1 is 0.750 bits per heavy atom. The molecule has 0 bridgehead atoms. The third-order valence-electron chi connectivity index (χ3n) is 3.54. The van der Waals surface area contributed by atoms with Crippen LogP contribution in [0.4, 0.5) is 5.69 Å². The van der Waals surface area contributed by atoms with Gasteiger partial charge >= 0.3 is 0 Å². The minimum absolute atomic E-state index is 0.830. The highest BCUT2D eigenvalue weighted by atomic mass is 32.2. The van der Waals surface area contributed by atoms with Crippen molar-refractivity contribution in [2.75, 3.05) is 31.1 Å². The summed E-state index contributed by atoms with van der Waals surface area (Å²) in [5.41, 5.74) is 1.25. The van der Waals surface area contributed by atoms with Gasteiger partial charge in [-0.15, -0.1) is 0 Å². The lowest BCUT2D eigenvalue weighted by molar-refractivity contribution is 0.410. The second-order valence-electron chi connectivity index (χ2n) is 4.81. The number of anilines is 1. The van der Waals surface area contributed by atoms with Gasteiger partial charge in [0.2, 0.25) is 0 Å². The van der Waals surface area contributed by atoms with Crippen LogP contribution in [-0.2, 0) is 11.0 Å². The quantitative estimate of drug-likeness (QED) is 0.865. The molecule has 4 heteroatoms. The average molecular weight is 286 g/mol. The molecule has 0 saturated carbocycles. The Morgan fingerprint density at radius 3 is 1.90 bits per heavy atom. The molecule has 1 aliphatic heterocycles. The van der Waals surface area contributed by atoms with Crippen LogP contribution < -0.4 is 4.90 Å². The summed E-state index contributed by atoms with van der Waals surface area (Å²) in [6.07, 6.45) is 0. The van der Waals surface area contributed by atoms with Crippen LogP contribution in [0.15, 0.2) is 65.6 Å². The fourth-order valence-corrected chi connectivity index (χ4v) is 3.62. The number of rotatable bonds is 3. The number of benzene rings is 2. The topological polar surface area (TPSA) is 23.6 Å². The highest BCUT2D eigenvalue weighted by Gasteiger charge is 2.21. The van der Waals surface area contributed by atoms with E-state index in [9.17, 15) is 4.21 Å². The van der Waals surface area contributed by atoms with Crippen molar-refractivity contribution in [1.82, 2.24) is 4.31 Å². The molecular weight excluding hydrogens is 268 g/mol. The van der Waals surface area contributed by atoms with Crippen molar-refractivity contribution in [3.8, 4) is 0 Å². The van der Waals surface area contributed by atoms with Crippen LogP contribution in [0.1, 0.15) is 0 Å². The summed E-state index contributed by atoms with van der Waals surface area (Å²) in [6, 6.07) is 20.1. The Bertz CT molecular complexity index is 566. The van der Waals surface area contributed by atoms with E-state index in [0.717, 1.165) is 31.1 Å². The van der Waals surface area contributed by atoms with E-state index in [-0.39, 0.29) is 0 Å². The maximum absolute atomic E-state index is 12.5. The van der Waals surface area contributed by atoms with E-state index in [4.69, 9.17) is 0 Å². The maximum atomic E-state index is 12.5. The summed E-state index contributed by atoms with van der Waals surface area (Å²) < 4.78 is 14.5. The van der Waals surface area contributed by atoms with Crippen molar-refractivity contribution in [3.05, 3.63) is 60.7 Å². The molecule has 3 nitrogen and oxygen atoms in total. The Labute approximate surface area is 122 Å². The zero-order chi connectivity index (χ0) is 13.8. The molecular formula is C16H18N2OS. The highest BCUT2D eigenvalue weighted by molar-refractivity contribution is 7.82. The summed E-state index contributed by atoms with van der Waals surface area (Å²) in [5, 5.41) is 0. The molecule has 3 rings (SSSR count). The van der Waals surface area contributed by atoms with Crippen LogP contribution in [0.3, 0.4) is 0 Å². The van der Waals surface area contributed by atoms with Gasteiger partial charge in [-0.05, 0) is 24.3 Å². The van der Waals surface area contributed by atoms with Crippen LogP contribution in [0.25, 0.3) is 0 Å². The Kier molecular flexibility index (Phi) is 4.14. The van der Waals surface area contributed by atoms with Gasteiger partial charge in [0.25, 0.3) is 0 Å². The standard InChI is InChI=1S/C16H18N2OS/c19-20(16-9-5-2-6-10-16)18-13-11-17(12-14-18)15-7-3-1-4-8-15/h1-10H,11-14H2/t20-/m1/s1. The van der Waals surface area contributed by atoms with E-state index in [1.807, 2.05) is 36.4 Å². The van der Waals surface area contributed by atoms with E-state index in [1.165, 1.54) is 5.69 Å². The normalized spacial score (nSPS) is 17.9. The van der Waals surface area contributed by atoms with Crippen molar-refractivity contribution >= 4 is 16.7 Å².